The van der Waals surface area contributed by atoms with Gasteiger partial charge in [-0.3, -0.25) is 0 Å². The number of quaternary nitrogens is 1. The molecule has 1 fully saturated rings. The third kappa shape index (κ3) is 8.84. The highest BCUT2D eigenvalue weighted by Crippen LogP contribution is 2.35. The lowest BCUT2D eigenvalue weighted by atomic mass is 9.80. The van der Waals surface area contributed by atoms with Crippen LogP contribution >= 0.6 is 0 Å². The molecule has 206 valence electrons. The maximum atomic E-state index is 11.0. The van der Waals surface area contributed by atoms with Crippen molar-refractivity contribution in [2.24, 2.45) is 0 Å². The molecule has 2 aromatic carbocycles. The first kappa shape index (κ1) is 29.7. The van der Waals surface area contributed by atoms with Gasteiger partial charge >= 0.3 is 0 Å². The first-order chi connectivity index (χ1) is 17.4. The standard InChI is InChI=1S/C33H52NO3/c1-32(2,3)27-18-19-31(30(22-27)33(4,5)6)37-21-20-36-25-29(35)24-34(7,28-16-12-9-13-17-28)23-26-14-10-8-11-15-26/h8,10-11,14-15,18-19,22,28-29,35H,9,12-13,16-17,20-21,23-25H2,1-7H3/q+1/t29-,34+/m0/s1. The average molecular weight is 511 g/mol. The zero-order chi connectivity index (χ0) is 27.1. The third-order valence-electron chi connectivity index (χ3n) is 7.92. The molecular formula is C33H52NO3+. The number of nitrogens with zero attached hydrogens (tertiary/aromatic N) is 1. The van der Waals surface area contributed by atoms with Crippen molar-refractivity contribution in [1.29, 1.82) is 0 Å². The summed E-state index contributed by atoms with van der Waals surface area (Å²) in [5, 5.41) is 11.0. The number of ether oxygens (including phenoxy) is 2. The van der Waals surface area contributed by atoms with Crippen molar-refractivity contribution in [2.45, 2.75) is 103 Å². The molecule has 1 aliphatic rings. The molecule has 0 spiro atoms. The van der Waals surface area contributed by atoms with Gasteiger partial charge in [-0.15, -0.1) is 0 Å². The van der Waals surface area contributed by atoms with Crippen LogP contribution in [0.25, 0.3) is 0 Å². The van der Waals surface area contributed by atoms with Crippen molar-refractivity contribution in [2.75, 3.05) is 33.4 Å². The number of benzene rings is 2. The highest BCUT2D eigenvalue weighted by molar-refractivity contribution is 5.43. The molecule has 0 aromatic heterocycles. The SMILES string of the molecule is CC(C)(C)c1ccc(OCCOC[C@@H](O)C[N@@+](C)(Cc2ccccc2)C2CCCCC2)c(C(C)(C)C)c1. The molecule has 0 saturated heterocycles. The van der Waals surface area contributed by atoms with Crippen molar-refractivity contribution in [1.82, 2.24) is 0 Å². The third-order valence-corrected chi connectivity index (χ3v) is 7.92. The molecule has 4 heteroatoms. The summed E-state index contributed by atoms with van der Waals surface area (Å²) < 4.78 is 13.0. The van der Waals surface area contributed by atoms with E-state index in [1.54, 1.807) is 0 Å². The maximum absolute atomic E-state index is 11.0. The molecule has 4 nitrogen and oxygen atoms in total. The molecule has 0 bridgehead atoms. The van der Waals surface area contributed by atoms with Gasteiger partial charge in [0.1, 0.15) is 31.5 Å². The second kappa shape index (κ2) is 12.8. The van der Waals surface area contributed by atoms with Crippen LogP contribution in [-0.2, 0) is 22.1 Å². The van der Waals surface area contributed by atoms with Crippen LogP contribution < -0.4 is 4.74 Å². The summed E-state index contributed by atoms with van der Waals surface area (Å²) in [7, 11) is 2.32. The summed E-state index contributed by atoms with van der Waals surface area (Å²) in [4.78, 5) is 0. The minimum atomic E-state index is -0.494. The largest absolute Gasteiger partial charge is 0.491 e. The molecule has 1 N–H and O–H groups in total. The van der Waals surface area contributed by atoms with Gasteiger partial charge in [0.2, 0.25) is 0 Å². The molecule has 0 aliphatic heterocycles. The van der Waals surface area contributed by atoms with Crippen LogP contribution in [0, 0.1) is 0 Å². The molecule has 1 aliphatic carbocycles. The monoisotopic (exact) mass is 510 g/mol. The maximum Gasteiger partial charge on any atom is 0.126 e. The molecule has 0 heterocycles. The van der Waals surface area contributed by atoms with Gasteiger partial charge in [0, 0.05) is 5.56 Å². The number of hydrogen-bond donors (Lipinski definition) is 1. The molecule has 0 unspecified atom stereocenters. The van der Waals surface area contributed by atoms with Gasteiger partial charge in [-0.05, 0) is 53.7 Å². The van der Waals surface area contributed by atoms with Crippen molar-refractivity contribution in [3.05, 3.63) is 65.2 Å². The summed E-state index contributed by atoms with van der Waals surface area (Å²) in [5.41, 5.74) is 3.97. The van der Waals surface area contributed by atoms with Crippen molar-refractivity contribution < 1.29 is 19.1 Å². The Labute approximate surface area is 226 Å². The van der Waals surface area contributed by atoms with Gasteiger partial charge in [0.15, 0.2) is 0 Å². The molecule has 2 atom stereocenters. The van der Waals surface area contributed by atoms with E-state index in [9.17, 15) is 5.11 Å². The molecule has 1 saturated carbocycles. The predicted molar refractivity (Wildman–Crippen MR) is 154 cm³/mol. The van der Waals surface area contributed by atoms with Crippen LogP contribution in [0.4, 0.5) is 0 Å². The van der Waals surface area contributed by atoms with E-state index in [0.29, 0.717) is 32.4 Å². The fourth-order valence-corrected chi connectivity index (χ4v) is 5.72. The Morgan fingerprint density at radius 1 is 0.892 bits per heavy atom. The van der Waals surface area contributed by atoms with Gasteiger partial charge in [-0.1, -0.05) is 90.4 Å². The van der Waals surface area contributed by atoms with E-state index in [1.165, 1.54) is 48.8 Å². The van der Waals surface area contributed by atoms with Crippen LogP contribution in [0.2, 0.25) is 0 Å². The van der Waals surface area contributed by atoms with Crippen LogP contribution in [0.1, 0.15) is 90.3 Å². The van der Waals surface area contributed by atoms with Crippen LogP contribution in [0.3, 0.4) is 0 Å². The van der Waals surface area contributed by atoms with Crippen molar-refractivity contribution in [3.63, 3.8) is 0 Å². The molecule has 0 radical (unpaired) electrons. The summed E-state index contributed by atoms with van der Waals surface area (Å²) in [6.07, 6.45) is 5.93. The van der Waals surface area contributed by atoms with E-state index < -0.39 is 6.10 Å². The van der Waals surface area contributed by atoms with Gasteiger partial charge in [-0.25, -0.2) is 0 Å². The summed E-state index contributed by atoms with van der Waals surface area (Å²) in [6.45, 7) is 16.4. The van der Waals surface area contributed by atoms with Gasteiger partial charge in [-0.2, -0.15) is 0 Å². The van der Waals surface area contributed by atoms with Crippen LogP contribution in [0.5, 0.6) is 5.75 Å². The fraction of sp³-hybridized carbons (Fsp3) is 0.636. The molecule has 0 amide bonds. The lowest BCUT2D eigenvalue weighted by Crippen LogP contribution is -2.56. The van der Waals surface area contributed by atoms with Gasteiger partial charge in [0.05, 0.1) is 26.3 Å². The Hall–Kier alpha value is -1.88. The molecular weight excluding hydrogens is 458 g/mol. The highest BCUT2D eigenvalue weighted by Gasteiger charge is 2.36. The quantitative estimate of drug-likeness (QED) is 0.261. The van der Waals surface area contributed by atoms with Gasteiger partial charge < -0.3 is 19.1 Å². The number of aliphatic hydroxyl groups is 1. The van der Waals surface area contributed by atoms with E-state index in [4.69, 9.17) is 9.47 Å². The summed E-state index contributed by atoms with van der Waals surface area (Å²) in [5.74, 6) is 0.925. The second-order valence-electron chi connectivity index (χ2n) is 13.4. The number of likely N-dealkylation sites (N-methyl/N-ethyl adjacent to an activating group) is 1. The van der Waals surface area contributed by atoms with Crippen LogP contribution in [0.15, 0.2) is 48.5 Å². The van der Waals surface area contributed by atoms with Gasteiger partial charge in [0.25, 0.3) is 0 Å². The Bertz CT molecular complexity index is 954. The van der Waals surface area contributed by atoms with Crippen molar-refractivity contribution >= 4 is 0 Å². The van der Waals surface area contributed by atoms with E-state index in [2.05, 4.69) is 97.1 Å². The average Bonchev–Trinajstić information content (AvgIpc) is 2.83. The minimum Gasteiger partial charge on any atom is -0.491 e. The number of hydrogen-bond acceptors (Lipinski definition) is 3. The molecule has 3 rings (SSSR count). The van der Waals surface area contributed by atoms with E-state index in [0.717, 1.165) is 16.8 Å². The smallest absolute Gasteiger partial charge is 0.126 e. The lowest BCUT2D eigenvalue weighted by Gasteiger charge is -2.44. The van der Waals surface area contributed by atoms with Crippen LogP contribution in [-0.4, -0.2) is 55.1 Å². The lowest BCUT2D eigenvalue weighted by molar-refractivity contribution is -0.950. The Morgan fingerprint density at radius 2 is 1.57 bits per heavy atom. The van der Waals surface area contributed by atoms with E-state index in [1.807, 2.05) is 0 Å². The fourth-order valence-electron chi connectivity index (χ4n) is 5.72. The summed E-state index contributed by atoms with van der Waals surface area (Å²) >= 11 is 0. The van der Waals surface area contributed by atoms with Crippen molar-refractivity contribution in [3.8, 4) is 5.75 Å². The topological polar surface area (TPSA) is 38.7 Å². The zero-order valence-corrected chi connectivity index (χ0v) is 24.6. The first-order valence-electron chi connectivity index (χ1n) is 14.3. The highest BCUT2D eigenvalue weighted by atomic mass is 16.5. The normalized spacial score (nSPS) is 17.8. The zero-order valence-electron chi connectivity index (χ0n) is 24.6. The minimum absolute atomic E-state index is 0.00606. The molecule has 37 heavy (non-hydrogen) atoms. The van der Waals surface area contributed by atoms with E-state index in [-0.39, 0.29) is 10.8 Å². The Morgan fingerprint density at radius 3 is 2.19 bits per heavy atom. The second-order valence-corrected chi connectivity index (χ2v) is 13.4. The molecule has 2 aromatic rings. The summed E-state index contributed by atoms with van der Waals surface area (Å²) in [6, 6.07) is 17.9. The first-order valence-corrected chi connectivity index (χ1v) is 14.3. The number of rotatable bonds is 11. The van der Waals surface area contributed by atoms with E-state index >= 15 is 0 Å². The Balaban J connectivity index is 1.54. The predicted octanol–water partition coefficient (Wildman–Crippen LogP) is 7.02. The number of aliphatic hydroxyl groups excluding tert-OH is 1. The Kier molecular flexibility index (Phi) is 10.2.